The fraction of sp³-hybridized carbons (Fsp3) is 0.278. The van der Waals surface area contributed by atoms with Crippen molar-refractivity contribution in [1.82, 2.24) is 4.31 Å². The second kappa shape index (κ2) is 8.88. The number of methoxy groups -OCH3 is 1. The van der Waals surface area contributed by atoms with E-state index in [0.717, 1.165) is 4.31 Å². The smallest absolute Gasteiger partial charge is 0.293 e. The second-order valence-corrected chi connectivity index (χ2v) is 8.48. The van der Waals surface area contributed by atoms with Gasteiger partial charge in [0.05, 0.1) is 29.2 Å². The molecule has 2 aromatic rings. The standard InChI is InChI=1S/C18H22N4O6S/c1-12-5-7-14(16(9-12)22(24)25)20-18(23)11-19-15-10-13(6-8-17(15)28-4)29(26,27)21(2)3/h5-10,19H,11H2,1-4H3,(H,20,23). The predicted molar refractivity (Wildman–Crippen MR) is 109 cm³/mol. The lowest BCUT2D eigenvalue weighted by molar-refractivity contribution is -0.384. The number of nitrogens with one attached hydrogen (secondary N) is 2. The molecule has 0 aliphatic rings. The van der Waals surface area contributed by atoms with Crippen LogP contribution >= 0.6 is 0 Å². The number of carbonyl (C=O) groups is 1. The fourth-order valence-corrected chi connectivity index (χ4v) is 3.39. The molecule has 0 fully saturated rings. The lowest BCUT2D eigenvalue weighted by Crippen LogP contribution is -2.24. The predicted octanol–water partition coefficient (Wildman–Crippen LogP) is 2.21. The molecule has 29 heavy (non-hydrogen) atoms. The Hall–Kier alpha value is -3.18. The molecule has 2 N–H and O–H groups in total. The maximum atomic E-state index is 12.3. The minimum absolute atomic E-state index is 0.0281. The van der Waals surface area contributed by atoms with Crippen LogP contribution in [0.1, 0.15) is 5.56 Å². The SMILES string of the molecule is COc1ccc(S(=O)(=O)N(C)C)cc1NCC(=O)Nc1ccc(C)cc1[N+](=O)[O-]. The average Bonchev–Trinajstić information content (AvgIpc) is 2.67. The lowest BCUT2D eigenvalue weighted by Gasteiger charge is -2.15. The Bertz CT molecular complexity index is 1040. The lowest BCUT2D eigenvalue weighted by atomic mass is 10.2. The zero-order valence-electron chi connectivity index (χ0n) is 16.4. The van der Waals surface area contributed by atoms with Gasteiger partial charge in [0.1, 0.15) is 11.4 Å². The van der Waals surface area contributed by atoms with Gasteiger partial charge in [0, 0.05) is 20.2 Å². The van der Waals surface area contributed by atoms with E-state index >= 15 is 0 Å². The Morgan fingerprint density at radius 2 is 1.86 bits per heavy atom. The van der Waals surface area contributed by atoms with Crippen LogP contribution in [0.3, 0.4) is 0 Å². The summed E-state index contributed by atoms with van der Waals surface area (Å²) in [7, 11) is 0.567. The van der Waals surface area contributed by atoms with Gasteiger partial charge < -0.3 is 15.4 Å². The molecular formula is C18H22N4O6S. The zero-order chi connectivity index (χ0) is 21.8. The molecule has 0 aliphatic carbocycles. The van der Waals surface area contributed by atoms with Crippen LogP contribution < -0.4 is 15.4 Å². The Kier molecular flexibility index (Phi) is 6.77. The van der Waals surface area contributed by atoms with Crippen LogP contribution in [0.5, 0.6) is 5.75 Å². The number of nitrogens with zero attached hydrogens (tertiary/aromatic N) is 2. The van der Waals surface area contributed by atoms with Crippen molar-refractivity contribution in [2.24, 2.45) is 0 Å². The minimum atomic E-state index is -3.67. The first kappa shape index (κ1) is 22.1. The molecule has 0 aromatic heterocycles. The highest BCUT2D eigenvalue weighted by Crippen LogP contribution is 2.29. The average molecular weight is 422 g/mol. The van der Waals surface area contributed by atoms with Gasteiger partial charge in [-0.3, -0.25) is 14.9 Å². The maximum absolute atomic E-state index is 12.3. The molecule has 0 saturated heterocycles. The van der Waals surface area contributed by atoms with Crippen LogP contribution in [-0.4, -0.2) is 51.3 Å². The molecule has 0 saturated carbocycles. The number of hydrogen-bond acceptors (Lipinski definition) is 7. The van der Waals surface area contributed by atoms with Gasteiger partial charge in [0.15, 0.2) is 0 Å². The van der Waals surface area contributed by atoms with Gasteiger partial charge in [-0.1, -0.05) is 6.07 Å². The summed E-state index contributed by atoms with van der Waals surface area (Å²) in [6, 6.07) is 8.69. The van der Waals surface area contributed by atoms with Crippen molar-refractivity contribution < 1.29 is 22.9 Å². The van der Waals surface area contributed by atoms with Crippen molar-refractivity contribution >= 4 is 33.0 Å². The number of amides is 1. The Balaban J connectivity index is 2.19. The highest BCUT2D eigenvalue weighted by atomic mass is 32.2. The van der Waals surface area contributed by atoms with E-state index in [1.54, 1.807) is 13.0 Å². The Labute approximate surface area is 168 Å². The Morgan fingerprint density at radius 1 is 1.17 bits per heavy atom. The van der Waals surface area contributed by atoms with Gasteiger partial charge in [-0.05, 0) is 36.8 Å². The summed E-state index contributed by atoms with van der Waals surface area (Å²) >= 11 is 0. The van der Waals surface area contributed by atoms with Crippen LogP contribution in [0.15, 0.2) is 41.3 Å². The van der Waals surface area contributed by atoms with E-state index in [1.807, 2.05) is 0 Å². The number of aryl methyl sites for hydroxylation is 1. The molecule has 1 amide bonds. The number of hydrogen-bond donors (Lipinski definition) is 2. The summed E-state index contributed by atoms with van der Waals surface area (Å²) in [5, 5.41) is 16.5. The van der Waals surface area contributed by atoms with Crippen molar-refractivity contribution in [3.05, 3.63) is 52.1 Å². The van der Waals surface area contributed by atoms with E-state index < -0.39 is 20.9 Å². The minimum Gasteiger partial charge on any atom is -0.495 e. The molecule has 2 aromatic carbocycles. The zero-order valence-corrected chi connectivity index (χ0v) is 17.2. The largest absolute Gasteiger partial charge is 0.495 e. The first-order valence-corrected chi connectivity index (χ1v) is 9.89. The fourth-order valence-electron chi connectivity index (χ4n) is 2.46. The third-order valence-electron chi connectivity index (χ3n) is 4.01. The molecule has 0 unspecified atom stereocenters. The van der Waals surface area contributed by atoms with Crippen molar-refractivity contribution in [3.8, 4) is 5.75 Å². The molecule has 0 heterocycles. The molecule has 0 radical (unpaired) electrons. The summed E-state index contributed by atoms with van der Waals surface area (Å²) in [6.45, 7) is 1.45. The topological polar surface area (TPSA) is 131 Å². The highest BCUT2D eigenvalue weighted by Gasteiger charge is 2.20. The van der Waals surface area contributed by atoms with Gasteiger partial charge in [0.2, 0.25) is 15.9 Å². The monoisotopic (exact) mass is 422 g/mol. The summed E-state index contributed by atoms with van der Waals surface area (Å²) < 4.78 is 30.9. The first-order valence-electron chi connectivity index (χ1n) is 8.45. The molecule has 0 bridgehead atoms. The van der Waals surface area contributed by atoms with Crippen molar-refractivity contribution in [1.29, 1.82) is 0 Å². The number of anilines is 2. The molecule has 0 atom stereocenters. The number of nitro groups is 1. The number of rotatable bonds is 8. The van der Waals surface area contributed by atoms with Crippen molar-refractivity contribution in [2.45, 2.75) is 11.8 Å². The summed E-state index contributed by atoms with van der Waals surface area (Å²) in [5.41, 5.74) is 0.846. The van der Waals surface area contributed by atoms with Crippen LogP contribution in [-0.2, 0) is 14.8 Å². The summed E-state index contributed by atoms with van der Waals surface area (Å²) in [4.78, 5) is 22.9. The number of carbonyl (C=O) groups excluding carboxylic acids is 1. The molecule has 0 spiro atoms. The van der Waals surface area contributed by atoms with E-state index in [9.17, 15) is 23.3 Å². The van der Waals surface area contributed by atoms with E-state index in [0.29, 0.717) is 17.0 Å². The summed E-state index contributed by atoms with van der Waals surface area (Å²) in [5.74, 6) is -0.198. The van der Waals surface area contributed by atoms with E-state index in [2.05, 4.69) is 10.6 Å². The third kappa shape index (κ3) is 5.21. The third-order valence-corrected chi connectivity index (χ3v) is 5.82. The first-order chi connectivity index (χ1) is 13.6. The molecule has 11 heteroatoms. The van der Waals surface area contributed by atoms with Gasteiger partial charge in [-0.15, -0.1) is 0 Å². The number of sulfonamides is 1. The van der Waals surface area contributed by atoms with Gasteiger partial charge >= 0.3 is 0 Å². The molecule has 10 nitrogen and oxygen atoms in total. The molecule has 156 valence electrons. The maximum Gasteiger partial charge on any atom is 0.293 e. The number of nitro benzene ring substituents is 1. The van der Waals surface area contributed by atoms with Gasteiger partial charge in [-0.25, -0.2) is 12.7 Å². The van der Waals surface area contributed by atoms with Gasteiger partial charge in [-0.2, -0.15) is 0 Å². The summed E-state index contributed by atoms with van der Waals surface area (Å²) in [6.07, 6.45) is 0. The second-order valence-electron chi connectivity index (χ2n) is 6.33. The normalized spacial score (nSPS) is 11.2. The van der Waals surface area contributed by atoms with Crippen LogP contribution in [0.25, 0.3) is 0 Å². The van der Waals surface area contributed by atoms with E-state index in [-0.39, 0.29) is 22.8 Å². The van der Waals surface area contributed by atoms with Crippen molar-refractivity contribution in [3.63, 3.8) is 0 Å². The van der Waals surface area contributed by atoms with Crippen LogP contribution in [0, 0.1) is 17.0 Å². The molecular weight excluding hydrogens is 400 g/mol. The quantitative estimate of drug-likeness (QED) is 0.492. The van der Waals surface area contributed by atoms with Crippen molar-refractivity contribution in [2.75, 3.05) is 38.4 Å². The van der Waals surface area contributed by atoms with Crippen LogP contribution in [0.2, 0.25) is 0 Å². The van der Waals surface area contributed by atoms with Crippen LogP contribution in [0.4, 0.5) is 17.1 Å². The molecule has 2 rings (SSSR count). The van der Waals surface area contributed by atoms with Gasteiger partial charge in [0.25, 0.3) is 5.69 Å². The highest BCUT2D eigenvalue weighted by molar-refractivity contribution is 7.89. The number of benzene rings is 2. The Morgan fingerprint density at radius 3 is 2.45 bits per heavy atom. The number of ether oxygens (including phenoxy) is 1. The molecule has 0 aliphatic heterocycles. The van der Waals surface area contributed by atoms with E-state index in [1.165, 1.54) is 51.5 Å². The van der Waals surface area contributed by atoms with E-state index in [4.69, 9.17) is 4.74 Å².